The molecule has 0 fully saturated rings. The molecule has 0 radical (unpaired) electrons. The zero-order valence-corrected chi connectivity index (χ0v) is 13.6. The number of phenols is 2. The van der Waals surface area contributed by atoms with E-state index in [2.05, 4.69) is 10.5 Å². The second-order valence-corrected chi connectivity index (χ2v) is 5.53. The Morgan fingerprint density at radius 2 is 1.96 bits per heavy atom. The maximum Gasteiger partial charge on any atom is 0.311 e. The fraction of sp³-hybridized carbons (Fsp3) is 0. The van der Waals surface area contributed by atoms with Crippen molar-refractivity contribution < 1.29 is 19.9 Å². The quantitative estimate of drug-likeness (QED) is 0.299. The number of phenolic OH excluding ortho intramolecular Hbond substituents is 2. The molecular weight excluding hydrogens is 417 g/mol. The number of benzene rings is 2. The topological polar surface area (TPSA) is 125 Å². The van der Waals surface area contributed by atoms with E-state index in [1.54, 1.807) is 6.07 Å². The van der Waals surface area contributed by atoms with Crippen molar-refractivity contribution in [2.75, 3.05) is 0 Å². The van der Waals surface area contributed by atoms with Crippen molar-refractivity contribution in [1.29, 1.82) is 0 Å². The average molecular weight is 427 g/mol. The predicted octanol–water partition coefficient (Wildman–Crippen LogP) is 2.37. The minimum Gasteiger partial charge on any atom is -0.507 e. The molecule has 0 saturated carbocycles. The molecule has 2 rings (SSSR count). The summed E-state index contributed by atoms with van der Waals surface area (Å²) in [6.45, 7) is 0. The number of nitrogens with zero attached hydrogens (tertiary/aromatic N) is 2. The summed E-state index contributed by atoms with van der Waals surface area (Å²) < 4.78 is 0.610. The maximum atomic E-state index is 11.8. The van der Waals surface area contributed by atoms with Gasteiger partial charge in [-0.3, -0.25) is 14.9 Å². The van der Waals surface area contributed by atoms with Crippen LogP contribution in [-0.4, -0.2) is 27.3 Å². The minimum absolute atomic E-state index is 0.0172. The number of carbonyl (C=O) groups excluding carboxylic acids is 1. The molecule has 0 saturated heterocycles. The molecule has 0 aromatic heterocycles. The van der Waals surface area contributed by atoms with Gasteiger partial charge in [-0.05, 0) is 52.9 Å². The minimum atomic E-state index is -0.723. The summed E-state index contributed by atoms with van der Waals surface area (Å²) in [5, 5.41) is 33.3. The summed E-state index contributed by atoms with van der Waals surface area (Å²) in [5.74, 6) is -1.01. The van der Waals surface area contributed by atoms with Crippen molar-refractivity contribution in [2.24, 2.45) is 5.10 Å². The van der Waals surface area contributed by atoms with Crippen LogP contribution < -0.4 is 5.43 Å². The molecule has 0 spiro atoms. The van der Waals surface area contributed by atoms with E-state index in [4.69, 9.17) is 0 Å². The lowest BCUT2D eigenvalue weighted by Crippen LogP contribution is -2.17. The molecule has 0 aliphatic rings. The van der Waals surface area contributed by atoms with E-state index in [0.29, 0.717) is 9.13 Å². The van der Waals surface area contributed by atoms with Gasteiger partial charge in [-0.25, -0.2) is 5.43 Å². The summed E-state index contributed by atoms with van der Waals surface area (Å²) in [7, 11) is 0. The highest BCUT2D eigenvalue weighted by molar-refractivity contribution is 14.1. The molecule has 2 aromatic rings. The van der Waals surface area contributed by atoms with Gasteiger partial charge in [-0.2, -0.15) is 5.10 Å². The molecule has 0 bridgehead atoms. The second kappa shape index (κ2) is 7.05. The summed E-state index contributed by atoms with van der Waals surface area (Å²) in [6, 6.07) is 8.11. The van der Waals surface area contributed by atoms with Crippen molar-refractivity contribution in [1.82, 2.24) is 5.43 Å². The summed E-state index contributed by atoms with van der Waals surface area (Å²) in [5.41, 5.74) is 2.34. The van der Waals surface area contributed by atoms with Gasteiger partial charge in [0.2, 0.25) is 0 Å². The summed E-state index contributed by atoms with van der Waals surface area (Å²) >= 11 is 1.92. The molecule has 3 N–H and O–H groups in total. The number of halogens is 1. The Balaban J connectivity index is 2.09. The first-order valence-corrected chi connectivity index (χ1v) is 7.25. The van der Waals surface area contributed by atoms with E-state index in [0.717, 1.165) is 6.07 Å². The van der Waals surface area contributed by atoms with Gasteiger partial charge in [0.1, 0.15) is 5.75 Å². The van der Waals surface area contributed by atoms with Crippen LogP contribution in [0, 0.1) is 13.7 Å². The van der Waals surface area contributed by atoms with Gasteiger partial charge in [0, 0.05) is 17.2 Å². The molecule has 23 heavy (non-hydrogen) atoms. The van der Waals surface area contributed by atoms with E-state index in [-0.39, 0.29) is 11.3 Å². The van der Waals surface area contributed by atoms with Crippen LogP contribution in [0.5, 0.6) is 11.5 Å². The number of hydrogen-bond acceptors (Lipinski definition) is 6. The molecule has 8 nitrogen and oxygen atoms in total. The lowest BCUT2D eigenvalue weighted by molar-refractivity contribution is -0.385. The number of hydrazone groups is 1. The van der Waals surface area contributed by atoms with Crippen molar-refractivity contribution in [2.45, 2.75) is 0 Å². The normalized spacial score (nSPS) is 10.7. The zero-order valence-electron chi connectivity index (χ0n) is 11.4. The fourth-order valence-corrected chi connectivity index (χ4v) is 1.99. The highest BCUT2D eigenvalue weighted by Gasteiger charge is 2.13. The Morgan fingerprint density at radius 1 is 1.22 bits per heavy atom. The monoisotopic (exact) mass is 427 g/mol. The van der Waals surface area contributed by atoms with Crippen molar-refractivity contribution >= 4 is 40.4 Å². The number of aromatic hydroxyl groups is 2. The summed E-state index contributed by atoms with van der Waals surface area (Å²) in [6.07, 6.45) is 1.21. The van der Waals surface area contributed by atoms with Gasteiger partial charge in [0.05, 0.1) is 14.7 Å². The van der Waals surface area contributed by atoms with E-state index < -0.39 is 22.3 Å². The first-order chi connectivity index (χ1) is 10.9. The molecule has 9 heteroatoms. The highest BCUT2D eigenvalue weighted by atomic mass is 127. The Hall–Kier alpha value is -2.69. The van der Waals surface area contributed by atoms with Crippen LogP contribution in [0.4, 0.5) is 5.69 Å². The number of nitrogens with one attached hydrogen (secondary N) is 1. The lowest BCUT2D eigenvalue weighted by Gasteiger charge is -2.02. The molecule has 2 aromatic carbocycles. The SMILES string of the molecule is O=C(N/N=C\c1ccc(O)c([N+](=O)[O-])c1)c1ccc(I)c(O)c1. The van der Waals surface area contributed by atoms with E-state index in [9.17, 15) is 25.1 Å². The highest BCUT2D eigenvalue weighted by Crippen LogP contribution is 2.25. The molecule has 0 atom stereocenters. The van der Waals surface area contributed by atoms with Crippen LogP contribution in [0.3, 0.4) is 0 Å². The molecule has 0 unspecified atom stereocenters. The smallest absolute Gasteiger partial charge is 0.311 e. The predicted molar refractivity (Wildman–Crippen MR) is 90.6 cm³/mol. The molecule has 118 valence electrons. The summed E-state index contributed by atoms with van der Waals surface area (Å²) in [4.78, 5) is 21.8. The van der Waals surface area contributed by atoms with Gasteiger partial charge in [-0.1, -0.05) is 0 Å². The largest absolute Gasteiger partial charge is 0.507 e. The number of nitro benzene ring substituents is 1. The molecule has 0 aliphatic carbocycles. The van der Waals surface area contributed by atoms with Gasteiger partial charge >= 0.3 is 5.69 Å². The van der Waals surface area contributed by atoms with Crippen LogP contribution in [0.25, 0.3) is 0 Å². The Bertz CT molecular complexity index is 807. The van der Waals surface area contributed by atoms with Gasteiger partial charge in [0.15, 0.2) is 5.75 Å². The Morgan fingerprint density at radius 3 is 2.61 bits per heavy atom. The lowest BCUT2D eigenvalue weighted by atomic mass is 10.2. The Labute approximate surface area is 143 Å². The van der Waals surface area contributed by atoms with Crippen LogP contribution in [0.15, 0.2) is 41.5 Å². The second-order valence-electron chi connectivity index (χ2n) is 4.37. The van der Waals surface area contributed by atoms with Crippen molar-refractivity contribution in [3.05, 3.63) is 61.2 Å². The molecule has 1 amide bonds. The van der Waals surface area contributed by atoms with Gasteiger partial charge in [-0.15, -0.1) is 0 Å². The van der Waals surface area contributed by atoms with Crippen LogP contribution in [0.1, 0.15) is 15.9 Å². The van der Waals surface area contributed by atoms with Crippen molar-refractivity contribution in [3.63, 3.8) is 0 Å². The third-order valence-corrected chi connectivity index (χ3v) is 3.70. The van der Waals surface area contributed by atoms with Crippen molar-refractivity contribution in [3.8, 4) is 11.5 Å². The van der Waals surface area contributed by atoms with Gasteiger partial charge < -0.3 is 10.2 Å². The number of nitro groups is 1. The molecule has 0 heterocycles. The zero-order chi connectivity index (χ0) is 17.0. The van der Waals surface area contributed by atoms with Crippen LogP contribution in [-0.2, 0) is 0 Å². The number of hydrogen-bond donors (Lipinski definition) is 3. The number of amides is 1. The van der Waals surface area contributed by atoms with Gasteiger partial charge in [0.25, 0.3) is 5.91 Å². The fourth-order valence-electron chi connectivity index (χ4n) is 1.65. The average Bonchev–Trinajstić information content (AvgIpc) is 2.51. The number of carbonyl (C=O) groups is 1. The Kier molecular flexibility index (Phi) is 5.11. The first kappa shape index (κ1) is 16.7. The van der Waals surface area contributed by atoms with Crippen LogP contribution in [0.2, 0.25) is 0 Å². The van der Waals surface area contributed by atoms with E-state index >= 15 is 0 Å². The number of rotatable bonds is 4. The third kappa shape index (κ3) is 4.16. The molecule has 0 aliphatic heterocycles. The third-order valence-electron chi connectivity index (χ3n) is 2.78. The first-order valence-electron chi connectivity index (χ1n) is 6.18. The maximum absolute atomic E-state index is 11.8. The van der Waals surface area contributed by atoms with Crippen LogP contribution >= 0.6 is 22.6 Å². The van der Waals surface area contributed by atoms with E-state index in [1.807, 2.05) is 22.6 Å². The standard InChI is InChI=1S/C14H10IN3O5/c15-10-3-2-9(6-13(10)20)14(21)17-16-7-8-1-4-12(19)11(5-8)18(22)23/h1-7,19-20H,(H,17,21)/b16-7-. The molecular formula is C14H10IN3O5. The van der Waals surface area contributed by atoms with E-state index in [1.165, 1.54) is 30.5 Å².